The van der Waals surface area contributed by atoms with Gasteiger partial charge in [-0.15, -0.1) is 0 Å². The van der Waals surface area contributed by atoms with Gasteiger partial charge in [-0.3, -0.25) is 14.8 Å². The van der Waals surface area contributed by atoms with Crippen LogP contribution in [-0.4, -0.2) is 30.6 Å². The molecule has 0 aliphatic rings. The van der Waals surface area contributed by atoms with E-state index in [1.54, 1.807) is 0 Å². The molecule has 0 aromatic rings. The fraction of sp³-hybridized carbons (Fsp3) is 1.00. The van der Waals surface area contributed by atoms with Gasteiger partial charge in [0.05, 0.1) is 0 Å². The van der Waals surface area contributed by atoms with Crippen LogP contribution in [0.15, 0.2) is 0 Å². The van der Waals surface area contributed by atoms with E-state index in [9.17, 15) is 16.8 Å². The summed E-state index contributed by atoms with van der Waals surface area (Å²) in [6, 6.07) is 0. The molecule has 7 nitrogen and oxygen atoms in total. The molecule has 0 saturated carbocycles. The summed E-state index contributed by atoms with van der Waals surface area (Å²) in [5, 5.41) is 0. The van der Waals surface area contributed by atoms with Gasteiger partial charge in [0.15, 0.2) is 0 Å². The van der Waals surface area contributed by atoms with E-state index >= 15 is 0 Å². The van der Waals surface area contributed by atoms with Gasteiger partial charge in [0.25, 0.3) is 24.9 Å². The van der Waals surface area contributed by atoms with Gasteiger partial charge in [-0.25, -0.2) is 0 Å². The number of rotatable bonds is 2. The van der Waals surface area contributed by atoms with Crippen LogP contribution in [0.25, 0.3) is 0 Å². The number of nitrogens with two attached hydrogens (primary N) is 1. The maximum Gasteiger partial charge on any atom is 1.00 e. The molecule has 0 atom stereocenters. The molecule has 4 N–H and O–H groups in total. The Hall–Kier alpha value is 1.42. The monoisotopic (exact) mass is 230 g/mol. The van der Waals surface area contributed by atoms with Gasteiger partial charge in [0.1, 0.15) is 0 Å². The molecule has 0 aromatic heterocycles. The first-order valence-corrected chi connectivity index (χ1v) is 4.84. The minimum atomic E-state index is -4.92. The Labute approximate surface area is 106 Å². The second-order valence-corrected chi connectivity index (χ2v) is 4.77. The van der Waals surface area contributed by atoms with Crippen molar-refractivity contribution in [1.82, 2.24) is 0 Å². The van der Waals surface area contributed by atoms with E-state index in [0.29, 0.717) is 0 Å². The van der Waals surface area contributed by atoms with Gasteiger partial charge < -0.3 is 0 Å². The van der Waals surface area contributed by atoms with Gasteiger partial charge in [0, 0.05) is 0 Å². The first kappa shape index (κ1) is 14.9. The Morgan fingerprint density at radius 3 is 1.18 bits per heavy atom. The molecule has 0 unspecified atom stereocenters. The molecule has 62 valence electrons. The summed E-state index contributed by atoms with van der Waals surface area (Å²) in [4.78, 5) is 0. The molecule has 11 heavy (non-hydrogen) atoms. The summed E-state index contributed by atoms with van der Waals surface area (Å²) in [5.41, 5.74) is 4.35. The quantitative estimate of drug-likeness (QED) is 0.319. The van der Waals surface area contributed by atoms with Crippen molar-refractivity contribution < 1.29 is 77.3 Å². The molecule has 0 radical (unpaired) electrons. The second kappa shape index (κ2) is 4.60. The minimum absolute atomic E-state index is 0. The molecule has 0 amide bonds. The van der Waals surface area contributed by atoms with Crippen molar-refractivity contribution in [2.45, 2.75) is 4.71 Å². The van der Waals surface area contributed by atoms with Gasteiger partial charge >= 0.3 is 51.4 Å². The standard InChI is InChI=1S/CH5NO6S2.K/c2-1(9(3,4)5)10(6,7)8;/h1H,2H2,(H,3,4,5)(H,6,7,8);/q;+1. The second-order valence-electron chi connectivity index (χ2n) is 1.40. The maximum absolute atomic E-state index is 9.87. The van der Waals surface area contributed by atoms with Crippen LogP contribution >= 0.6 is 0 Å². The molecule has 0 spiro atoms. The summed E-state index contributed by atoms with van der Waals surface area (Å²) in [6.07, 6.45) is 0. The zero-order valence-electron chi connectivity index (χ0n) is 5.50. The van der Waals surface area contributed by atoms with Crippen LogP contribution < -0.4 is 57.1 Å². The normalized spacial score (nSPS) is 12.7. The van der Waals surface area contributed by atoms with E-state index in [4.69, 9.17) is 9.11 Å². The van der Waals surface area contributed by atoms with Crippen molar-refractivity contribution in [2.24, 2.45) is 5.73 Å². The van der Waals surface area contributed by atoms with Crippen LogP contribution in [0.2, 0.25) is 0 Å². The first-order valence-electron chi connectivity index (χ1n) is 1.84. The number of hydrogen-bond acceptors (Lipinski definition) is 5. The molecular formula is CH5KNO6S2+. The largest absolute Gasteiger partial charge is 1.00 e. The molecular weight excluding hydrogens is 225 g/mol. The Morgan fingerprint density at radius 1 is 1.00 bits per heavy atom. The molecule has 0 aliphatic heterocycles. The zero-order chi connectivity index (χ0) is 8.58. The van der Waals surface area contributed by atoms with Crippen molar-refractivity contribution in [3.05, 3.63) is 0 Å². The van der Waals surface area contributed by atoms with Gasteiger partial charge in [0.2, 0.25) is 0 Å². The molecule has 0 fully saturated rings. The average Bonchev–Trinajstić information content (AvgIpc) is 1.59. The smallest absolute Gasteiger partial charge is 0.298 e. The molecule has 0 aliphatic carbocycles. The van der Waals surface area contributed by atoms with Crippen molar-refractivity contribution in [1.29, 1.82) is 0 Å². The van der Waals surface area contributed by atoms with Crippen LogP contribution in [0.5, 0.6) is 0 Å². The third kappa shape index (κ3) is 5.62. The summed E-state index contributed by atoms with van der Waals surface area (Å²) < 4.78 is 52.7. The fourth-order valence-electron chi connectivity index (χ4n) is 0.154. The SMILES string of the molecule is NC(S(=O)(=O)O)S(=O)(=O)O.[K+]. The first-order chi connectivity index (χ1) is 4.15. The van der Waals surface area contributed by atoms with Crippen LogP contribution in [0, 0.1) is 0 Å². The van der Waals surface area contributed by atoms with Crippen LogP contribution in [0.1, 0.15) is 0 Å². The minimum Gasteiger partial charge on any atom is -0.298 e. The Kier molecular flexibility index (Phi) is 6.23. The zero-order valence-corrected chi connectivity index (χ0v) is 10.3. The third-order valence-corrected chi connectivity index (χ3v) is 3.22. The van der Waals surface area contributed by atoms with E-state index in [1.807, 2.05) is 0 Å². The van der Waals surface area contributed by atoms with E-state index < -0.39 is 24.9 Å². The Bertz CT molecular complexity index is 269. The molecule has 10 heteroatoms. The van der Waals surface area contributed by atoms with Gasteiger partial charge in [-0.05, 0) is 0 Å². The molecule has 0 rings (SSSR count). The Balaban J connectivity index is 0. The van der Waals surface area contributed by atoms with Crippen LogP contribution in [0.3, 0.4) is 0 Å². The van der Waals surface area contributed by atoms with Crippen LogP contribution in [-0.2, 0) is 20.2 Å². The maximum atomic E-state index is 9.87. The van der Waals surface area contributed by atoms with Gasteiger partial charge in [-0.1, -0.05) is 0 Å². The summed E-state index contributed by atoms with van der Waals surface area (Å²) in [7, 11) is -9.84. The predicted molar refractivity (Wildman–Crippen MR) is 31.1 cm³/mol. The van der Waals surface area contributed by atoms with E-state index in [2.05, 4.69) is 5.73 Å². The number of hydrogen-bond donors (Lipinski definition) is 3. The molecule has 0 heterocycles. The van der Waals surface area contributed by atoms with Crippen LogP contribution in [0.4, 0.5) is 0 Å². The van der Waals surface area contributed by atoms with E-state index in [1.165, 1.54) is 0 Å². The molecule has 0 bridgehead atoms. The predicted octanol–water partition coefficient (Wildman–Crippen LogP) is -4.99. The molecule has 0 aromatic carbocycles. The summed E-state index contributed by atoms with van der Waals surface area (Å²) in [5.74, 6) is 0. The topological polar surface area (TPSA) is 135 Å². The Morgan fingerprint density at radius 2 is 1.18 bits per heavy atom. The average molecular weight is 230 g/mol. The van der Waals surface area contributed by atoms with Crippen molar-refractivity contribution >= 4 is 20.2 Å². The van der Waals surface area contributed by atoms with Crippen molar-refractivity contribution in [2.75, 3.05) is 0 Å². The van der Waals surface area contributed by atoms with Gasteiger partial charge in [-0.2, -0.15) is 16.8 Å². The fourth-order valence-corrected chi connectivity index (χ4v) is 1.38. The van der Waals surface area contributed by atoms with Crippen molar-refractivity contribution in [3.63, 3.8) is 0 Å². The third-order valence-electron chi connectivity index (χ3n) is 0.587. The summed E-state index contributed by atoms with van der Waals surface area (Å²) >= 11 is 0. The van der Waals surface area contributed by atoms with Crippen molar-refractivity contribution in [3.8, 4) is 0 Å². The van der Waals surface area contributed by atoms with E-state index in [0.717, 1.165) is 0 Å². The molecule has 0 saturated heterocycles. The summed E-state index contributed by atoms with van der Waals surface area (Å²) in [6.45, 7) is 0. The van der Waals surface area contributed by atoms with E-state index in [-0.39, 0.29) is 51.4 Å².